The Morgan fingerprint density at radius 3 is 2.00 bits per heavy atom. The normalized spacial score (nSPS) is 24.0. The van der Waals surface area contributed by atoms with Crippen molar-refractivity contribution in [2.75, 3.05) is 14.1 Å². The maximum atomic E-state index is 4.19. The molecule has 0 aromatic carbocycles. The van der Waals surface area contributed by atoms with Crippen molar-refractivity contribution in [1.29, 1.82) is 0 Å². The molecule has 1 fully saturated rings. The molecular weight excluding hydrogens is 146 g/mol. The SMILES string of the molecule is [CH2]C([C]1CCCCCC1)N(C)C. The highest BCUT2D eigenvalue weighted by molar-refractivity contribution is 5.03. The van der Waals surface area contributed by atoms with Crippen LogP contribution in [0.5, 0.6) is 0 Å². The van der Waals surface area contributed by atoms with Crippen LogP contribution < -0.4 is 0 Å². The molecule has 0 aliphatic heterocycles. The Morgan fingerprint density at radius 1 is 1.08 bits per heavy atom. The van der Waals surface area contributed by atoms with Crippen LogP contribution in [0.25, 0.3) is 0 Å². The molecule has 0 amide bonds. The van der Waals surface area contributed by atoms with Gasteiger partial charge in [0.1, 0.15) is 0 Å². The van der Waals surface area contributed by atoms with Gasteiger partial charge in [-0.2, -0.15) is 0 Å². The predicted octanol–water partition coefficient (Wildman–Crippen LogP) is 2.68. The van der Waals surface area contributed by atoms with Gasteiger partial charge in [-0.25, -0.2) is 0 Å². The lowest BCUT2D eigenvalue weighted by molar-refractivity contribution is 0.332. The molecule has 0 N–H and O–H groups in total. The minimum Gasteiger partial charge on any atom is -0.306 e. The van der Waals surface area contributed by atoms with Crippen molar-refractivity contribution in [1.82, 2.24) is 4.90 Å². The van der Waals surface area contributed by atoms with Crippen molar-refractivity contribution in [2.45, 2.75) is 44.6 Å². The minimum atomic E-state index is 0.447. The molecule has 0 aromatic heterocycles. The van der Waals surface area contributed by atoms with Crippen molar-refractivity contribution in [2.24, 2.45) is 0 Å². The van der Waals surface area contributed by atoms with Gasteiger partial charge in [-0.05, 0) is 39.8 Å². The summed E-state index contributed by atoms with van der Waals surface area (Å²) in [6.45, 7) is 4.19. The molecule has 70 valence electrons. The number of rotatable bonds is 2. The van der Waals surface area contributed by atoms with Gasteiger partial charge in [0.05, 0.1) is 0 Å². The smallest absolute Gasteiger partial charge is 0.0152 e. The summed E-state index contributed by atoms with van der Waals surface area (Å²) in [6, 6.07) is 0.447. The second kappa shape index (κ2) is 4.86. The summed E-state index contributed by atoms with van der Waals surface area (Å²) in [4.78, 5) is 2.22. The van der Waals surface area contributed by atoms with E-state index < -0.39 is 0 Å². The molecule has 0 saturated heterocycles. The standard InChI is InChI=1S/C11H21N/c1-10(12(2)3)11-8-6-4-5-7-9-11/h10H,1,4-9H2,2-3H3. The summed E-state index contributed by atoms with van der Waals surface area (Å²) in [7, 11) is 4.24. The Balaban J connectivity index is 2.37. The first-order chi connectivity index (χ1) is 5.72. The van der Waals surface area contributed by atoms with E-state index in [1.165, 1.54) is 38.5 Å². The summed E-state index contributed by atoms with van der Waals surface area (Å²) >= 11 is 0. The Kier molecular flexibility index (Phi) is 4.07. The maximum Gasteiger partial charge on any atom is 0.0152 e. The molecule has 1 saturated carbocycles. The Bertz CT molecular complexity index is 112. The molecule has 0 aromatic rings. The topological polar surface area (TPSA) is 3.24 Å². The van der Waals surface area contributed by atoms with Crippen LogP contribution in [0.15, 0.2) is 0 Å². The minimum absolute atomic E-state index is 0.447. The van der Waals surface area contributed by atoms with Crippen LogP contribution in [0.1, 0.15) is 38.5 Å². The Morgan fingerprint density at radius 2 is 1.58 bits per heavy atom. The van der Waals surface area contributed by atoms with Crippen molar-refractivity contribution < 1.29 is 0 Å². The summed E-state index contributed by atoms with van der Waals surface area (Å²) in [5.41, 5.74) is 0. The second-order valence-corrected chi connectivity index (χ2v) is 4.05. The zero-order valence-corrected chi connectivity index (χ0v) is 8.47. The summed E-state index contributed by atoms with van der Waals surface area (Å²) in [5.74, 6) is 1.66. The molecule has 0 heterocycles. The van der Waals surface area contributed by atoms with Crippen LogP contribution >= 0.6 is 0 Å². The van der Waals surface area contributed by atoms with Gasteiger partial charge in [-0.15, -0.1) is 0 Å². The van der Waals surface area contributed by atoms with Gasteiger partial charge in [0.15, 0.2) is 0 Å². The van der Waals surface area contributed by atoms with Gasteiger partial charge in [-0.3, -0.25) is 0 Å². The fraction of sp³-hybridized carbons (Fsp3) is 0.818. The number of hydrogen-bond donors (Lipinski definition) is 0. The predicted molar refractivity (Wildman–Crippen MR) is 53.8 cm³/mol. The first-order valence-electron chi connectivity index (χ1n) is 5.06. The Hall–Kier alpha value is -0.0400. The van der Waals surface area contributed by atoms with E-state index in [9.17, 15) is 0 Å². The molecule has 1 heteroatoms. The molecule has 1 atom stereocenters. The van der Waals surface area contributed by atoms with E-state index >= 15 is 0 Å². The van der Waals surface area contributed by atoms with E-state index in [1.54, 1.807) is 5.92 Å². The molecular formula is C11H21N. The van der Waals surface area contributed by atoms with E-state index in [2.05, 4.69) is 25.9 Å². The van der Waals surface area contributed by atoms with Crippen LogP contribution in [0.2, 0.25) is 0 Å². The monoisotopic (exact) mass is 167 g/mol. The van der Waals surface area contributed by atoms with Crippen molar-refractivity contribution >= 4 is 0 Å². The zero-order chi connectivity index (χ0) is 8.97. The van der Waals surface area contributed by atoms with Crippen LogP contribution in [0.3, 0.4) is 0 Å². The summed E-state index contributed by atoms with van der Waals surface area (Å²) < 4.78 is 0. The van der Waals surface area contributed by atoms with Crippen molar-refractivity contribution in [3.05, 3.63) is 12.8 Å². The lowest BCUT2D eigenvalue weighted by atomic mass is 9.92. The molecule has 0 bridgehead atoms. The first-order valence-corrected chi connectivity index (χ1v) is 5.06. The van der Waals surface area contributed by atoms with Crippen LogP contribution in [0.4, 0.5) is 0 Å². The quantitative estimate of drug-likeness (QED) is 0.572. The third-order valence-corrected chi connectivity index (χ3v) is 2.84. The van der Waals surface area contributed by atoms with Gasteiger partial charge in [0, 0.05) is 6.04 Å². The molecule has 1 rings (SSSR count). The zero-order valence-electron chi connectivity index (χ0n) is 8.47. The van der Waals surface area contributed by atoms with Crippen LogP contribution in [-0.2, 0) is 0 Å². The van der Waals surface area contributed by atoms with Gasteiger partial charge in [-0.1, -0.05) is 25.7 Å². The summed E-state index contributed by atoms with van der Waals surface area (Å²) in [6.07, 6.45) is 8.23. The van der Waals surface area contributed by atoms with E-state index in [0.29, 0.717) is 6.04 Å². The van der Waals surface area contributed by atoms with Crippen LogP contribution in [-0.4, -0.2) is 25.0 Å². The highest BCUT2D eigenvalue weighted by Gasteiger charge is 2.20. The third kappa shape index (κ3) is 2.78. The number of nitrogens with zero attached hydrogens (tertiary/aromatic N) is 1. The van der Waals surface area contributed by atoms with E-state index in [0.717, 1.165) is 0 Å². The van der Waals surface area contributed by atoms with Crippen molar-refractivity contribution in [3.63, 3.8) is 0 Å². The summed E-state index contributed by atoms with van der Waals surface area (Å²) in [5, 5.41) is 0. The fourth-order valence-electron chi connectivity index (χ4n) is 1.88. The number of hydrogen-bond acceptors (Lipinski definition) is 1. The lowest BCUT2D eigenvalue weighted by Gasteiger charge is -2.27. The molecule has 12 heavy (non-hydrogen) atoms. The highest BCUT2D eigenvalue weighted by Crippen LogP contribution is 2.28. The van der Waals surface area contributed by atoms with Crippen molar-refractivity contribution in [3.8, 4) is 0 Å². The van der Waals surface area contributed by atoms with Gasteiger partial charge in [0.2, 0.25) is 0 Å². The maximum absolute atomic E-state index is 4.19. The van der Waals surface area contributed by atoms with Gasteiger partial charge < -0.3 is 4.90 Å². The fourth-order valence-corrected chi connectivity index (χ4v) is 1.88. The third-order valence-electron chi connectivity index (χ3n) is 2.84. The molecule has 2 radical (unpaired) electrons. The largest absolute Gasteiger partial charge is 0.306 e. The first kappa shape index (κ1) is 10.0. The molecule has 1 aliphatic carbocycles. The highest BCUT2D eigenvalue weighted by atomic mass is 15.1. The molecule has 0 spiro atoms. The second-order valence-electron chi connectivity index (χ2n) is 4.05. The van der Waals surface area contributed by atoms with E-state index in [4.69, 9.17) is 0 Å². The molecule has 1 nitrogen and oxygen atoms in total. The van der Waals surface area contributed by atoms with Gasteiger partial charge in [0.25, 0.3) is 0 Å². The Labute approximate surface area is 77.1 Å². The molecule has 1 unspecified atom stereocenters. The van der Waals surface area contributed by atoms with Crippen LogP contribution in [0, 0.1) is 12.8 Å². The van der Waals surface area contributed by atoms with E-state index in [-0.39, 0.29) is 0 Å². The average Bonchev–Trinajstić information content (AvgIpc) is 2.30. The average molecular weight is 167 g/mol. The van der Waals surface area contributed by atoms with Gasteiger partial charge >= 0.3 is 0 Å². The van der Waals surface area contributed by atoms with E-state index in [1.807, 2.05) is 0 Å². The lowest BCUT2D eigenvalue weighted by Crippen LogP contribution is -2.31. The molecule has 1 aliphatic rings.